The molecule has 0 radical (unpaired) electrons. The van der Waals surface area contributed by atoms with Gasteiger partial charge in [-0.15, -0.1) is 0 Å². The van der Waals surface area contributed by atoms with Gasteiger partial charge in [-0.1, -0.05) is 116 Å². The van der Waals surface area contributed by atoms with Gasteiger partial charge in [0.1, 0.15) is 6.04 Å². The number of likely N-dealkylation sites (tertiary alicyclic amines) is 1. The molecule has 1 amide bonds. The summed E-state index contributed by atoms with van der Waals surface area (Å²) in [4.78, 5) is 27.3. The molecule has 1 unspecified atom stereocenters. The summed E-state index contributed by atoms with van der Waals surface area (Å²) in [6.07, 6.45) is 27.3. The minimum atomic E-state index is -0.323. The number of unbranched alkanes of at least 4 members (excludes halogenated alkanes) is 14. The van der Waals surface area contributed by atoms with E-state index in [9.17, 15) is 9.59 Å². The Hall–Kier alpha value is -1.06. The molecule has 4 heteroatoms. The highest BCUT2D eigenvalue weighted by atomic mass is 16.5. The van der Waals surface area contributed by atoms with Gasteiger partial charge in [0, 0.05) is 12.5 Å². The van der Waals surface area contributed by atoms with Crippen LogP contribution in [0.3, 0.4) is 0 Å². The van der Waals surface area contributed by atoms with Crippen LogP contribution in [0.25, 0.3) is 0 Å². The van der Waals surface area contributed by atoms with Gasteiger partial charge >= 0.3 is 5.97 Å². The van der Waals surface area contributed by atoms with E-state index < -0.39 is 0 Å². The molecular weight excluding hydrogens is 410 g/mol. The van der Waals surface area contributed by atoms with E-state index in [2.05, 4.69) is 6.92 Å². The number of ether oxygens (including phenoxy) is 1. The van der Waals surface area contributed by atoms with Crippen LogP contribution >= 0.6 is 0 Å². The molecule has 1 heterocycles. The first-order valence-electron chi connectivity index (χ1n) is 14.7. The second-order valence-electron chi connectivity index (χ2n) is 10.6. The highest BCUT2D eigenvalue weighted by Crippen LogP contribution is 2.29. The van der Waals surface area contributed by atoms with Crippen LogP contribution in [-0.4, -0.2) is 36.0 Å². The maximum absolute atomic E-state index is 12.9. The fourth-order valence-electron chi connectivity index (χ4n) is 5.60. The van der Waals surface area contributed by atoms with Crippen molar-refractivity contribution in [3.8, 4) is 0 Å². The summed E-state index contributed by atoms with van der Waals surface area (Å²) in [6, 6.07) is -0.323. The number of nitrogens with zero attached hydrogens (tertiary/aromatic N) is 1. The van der Waals surface area contributed by atoms with Crippen LogP contribution in [0.1, 0.15) is 148 Å². The van der Waals surface area contributed by atoms with Gasteiger partial charge in [0.2, 0.25) is 5.91 Å². The number of rotatable bonds is 18. The van der Waals surface area contributed by atoms with E-state index in [0.29, 0.717) is 6.61 Å². The van der Waals surface area contributed by atoms with Gasteiger partial charge in [-0.25, -0.2) is 4.79 Å². The first-order valence-corrected chi connectivity index (χ1v) is 14.7. The van der Waals surface area contributed by atoms with Gasteiger partial charge in [-0.3, -0.25) is 4.79 Å². The Morgan fingerprint density at radius 1 is 0.667 bits per heavy atom. The lowest BCUT2D eigenvalue weighted by Crippen LogP contribution is -2.44. The van der Waals surface area contributed by atoms with Crippen molar-refractivity contribution >= 4 is 11.9 Å². The Balaban J connectivity index is 1.40. The summed E-state index contributed by atoms with van der Waals surface area (Å²) in [5.41, 5.74) is 0. The molecule has 1 aliphatic carbocycles. The fourth-order valence-corrected chi connectivity index (χ4v) is 5.60. The molecule has 192 valence electrons. The van der Waals surface area contributed by atoms with Crippen molar-refractivity contribution in [3.63, 3.8) is 0 Å². The molecule has 4 nitrogen and oxygen atoms in total. The van der Waals surface area contributed by atoms with Crippen LogP contribution in [0.15, 0.2) is 0 Å². The Kier molecular flexibility index (Phi) is 15.6. The Morgan fingerprint density at radius 3 is 1.73 bits per heavy atom. The average Bonchev–Trinajstić information content (AvgIpc) is 3.34. The first-order chi connectivity index (χ1) is 16.2. The molecule has 0 aromatic heterocycles. The molecule has 0 aromatic carbocycles. The van der Waals surface area contributed by atoms with Gasteiger partial charge in [0.15, 0.2) is 0 Å². The third kappa shape index (κ3) is 11.8. The van der Waals surface area contributed by atoms with Gasteiger partial charge in [0.25, 0.3) is 0 Å². The van der Waals surface area contributed by atoms with Crippen LogP contribution < -0.4 is 0 Å². The quantitative estimate of drug-likeness (QED) is 0.153. The molecule has 0 N–H and O–H groups in total. The topological polar surface area (TPSA) is 46.6 Å². The lowest BCUT2D eigenvalue weighted by molar-refractivity contribution is -0.155. The van der Waals surface area contributed by atoms with Crippen molar-refractivity contribution in [2.75, 3.05) is 13.2 Å². The van der Waals surface area contributed by atoms with E-state index in [4.69, 9.17) is 4.74 Å². The van der Waals surface area contributed by atoms with Gasteiger partial charge in [0.05, 0.1) is 6.61 Å². The smallest absolute Gasteiger partial charge is 0.328 e. The summed E-state index contributed by atoms with van der Waals surface area (Å²) >= 11 is 0. The zero-order valence-corrected chi connectivity index (χ0v) is 21.8. The highest BCUT2D eigenvalue weighted by molar-refractivity contribution is 5.86. The molecule has 0 bridgehead atoms. The van der Waals surface area contributed by atoms with Crippen molar-refractivity contribution in [3.05, 3.63) is 0 Å². The van der Waals surface area contributed by atoms with Crippen molar-refractivity contribution in [1.29, 1.82) is 0 Å². The van der Waals surface area contributed by atoms with Gasteiger partial charge in [-0.05, 0) is 32.1 Å². The molecule has 2 fully saturated rings. The number of esters is 1. The minimum Gasteiger partial charge on any atom is -0.464 e. The lowest BCUT2D eigenvalue weighted by atomic mass is 9.88. The Bertz CT molecular complexity index is 515. The van der Waals surface area contributed by atoms with E-state index in [1.54, 1.807) is 0 Å². The fraction of sp³-hybridized carbons (Fsp3) is 0.931. The number of amides is 1. The molecule has 1 aliphatic heterocycles. The van der Waals surface area contributed by atoms with Crippen molar-refractivity contribution in [1.82, 2.24) is 4.90 Å². The first kappa shape index (κ1) is 28.2. The second kappa shape index (κ2) is 18.3. The summed E-state index contributed by atoms with van der Waals surface area (Å²) in [6.45, 7) is 3.52. The molecule has 1 saturated carbocycles. The van der Waals surface area contributed by atoms with Crippen molar-refractivity contribution in [2.45, 2.75) is 154 Å². The number of carbonyl (C=O) groups is 2. The molecule has 1 saturated heterocycles. The van der Waals surface area contributed by atoms with Crippen LogP contribution in [-0.2, 0) is 14.3 Å². The van der Waals surface area contributed by atoms with Gasteiger partial charge in [-0.2, -0.15) is 0 Å². The third-order valence-corrected chi connectivity index (χ3v) is 7.75. The Labute approximate surface area is 204 Å². The lowest BCUT2D eigenvalue weighted by Gasteiger charge is -2.29. The molecular formula is C29H53NO3. The van der Waals surface area contributed by atoms with E-state index in [1.807, 2.05) is 4.90 Å². The van der Waals surface area contributed by atoms with E-state index in [0.717, 1.165) is 57.9 Å². The zero-order chi connectivity index (χ0) is 23.6. The minimum absolute atomic E-state index is 0.141. The molecule has 0 aromatic rings. The SMILES string of the molecule is CCCCCCCCCCCCCCCCCOC(=O)C1CCCN1C(=O)C1CCCCC1. The number of carbonyl (C=O) groups excluding carboxylic acids is 2. The summed E-state index contributed by atoms with van der Waals surface area (Å²) in [5.74, 6) is 0.186. The maximum Gasteiger partial charge on any atom is 0.328 e. The summed E-state index contributed by atoms with van der Waals surface area (Å²) in [5, 5.41) is 0. The molecule has 1 atom stereocenters. The number of hydrogen-bond acceptors (Lipinski definition) is 3. The number of hydrogen-bond donors (Lipinski definition) is 0. The monoisotopic (exact) mass is 463 g/mol. The van der Waals surface area contributed by atoms with Crippen molar-refractivity contribution in [2.24, 2.45) is 5.92 Å². The predicted molar refractivity (Wildman–Crippen MR) is 137 cm³/mol. The largest absolute Gasteiger partial charge is 0.464 e. The van der Waals surface area contributed by atoms with Crippen molar-refractivity contribution < 1.29 is 14.3 Å². The normalized spacial score (nSPS) is 19.2. The maximum atomic E-state index is 12.9. The van der Waals surface area contributed by atoms with Crippen LogP contribution in [0, 0.1) is 5.92 Å². The van der Waals surface area contributed by atoms with Gasteiger partial charge < -0.3 is 9.64 Å². The molecule has 2 aliphatic rings. The van der Waals surface area contributed by atoms with E-state index in [-0.39, 0.29) is 23.8 Å². The average molecular weight is 464 g/mol. The molecule has 2 rings (SSSR count). The van der Waals surface area contributed by atoms with Crippen LogP contribution in [0.2, 0.25) is 0 Å². The van der Waals surface area contributed by atoms with Crippen LogP contribution in [0.4, 0.5) is 0 Å². The summed E-state index contributed by atoms with van der Waals surface area (Å²) < 4.78 is 5.57. The van der Waals surface area contributed by atoms with E-state index >= 15 is 0 Å². The second-order valence-corrected chi connectivity index (χ2v) is 10.6. The van der Waals surface area contributed by atoms with E-state index in [1.165, 1.54) is 89.9 Å². The third-order valence-electron chi connectivity index (χ3n) is 7.75. The molecule has 33 heavy (non-hydrogen) atoms. The predicted octanol–water partition coefficient (Wildman–Crippen LogP) is 7.97. The Morgan fingerprint density at radius 2 is 1.18 bits per heavy atom. The standard InChI is InChI=1S/C29H53NO3/c1-2-3-4-5-6-7-8-9-10-11-12-13-14-15-19-25-33-29(32)27-23-20-24-30(27)28(31)26-21-17-16-18-22-26/h26-27H,2-25H2,1H3. The molecule has 0 spiro atoms. The zero-order valence-electron chi connectivity index (χ0n) is 21.8. The van der Waals surface area contributed by atoms with Crippen LogP contribution in [0.5, 0.6) is 0 Å². The highest BCUT2D eigenvalue weighted by Gasteiger charge is 2.38. The summed E-state index contributed by atoms with van der Waals surface area (Å²) in [7, 11) is 0.